The maximum Gasteiger partial charge on any atom is 0.157 e. The Hall–Kier alpha value is -2.12. The predicted molar refractivity (Wildman–Crippen MR) is 70.9 cm³/mol. The normalized spacial score (nSPS) is 12.3. The fourth-order valence-electron chi connectivity index (χ4n) is 1.88. The van der Waals surface area contributed by atoms with Crippen molar-refractivity contribution < 1.29 is 4.79 Å². The summed E-state index contributed by atoms with van der Waals surface area (Å²) in [7, 11) is 1.89. The maximum atomic E-state index is 11.9. The van der Waals surface area contributed by atoms with Gasteiger partial charge >= 0.3 is 0 Å². The molecule has 0 spiro atoms. The van der Waals surface area contributed by atoms with Crippen LogP contribution in [-0.4, -0.2) is 21.4 Å². The molecule has 18 heavy (non-hydrogen) atoms. The number of rotatable bonds is 4. The molecule has 4 heteroatoms. The van der Waals surface area contributed by atoms with E-state index in [1.54, 1.807) is 0 Å². The summed E-state index contributed by atoms with van der Waals surface area (Å²) in [6.07, 6.45) is 5.63. The standard InChI is InChI=1S/C14H15N3O/c1-3-6-10(15)13(18)9-14-16-11-7-4-5-8-12(11)17(14)2/h1,4-5,7-8,10H,6,9,15H2,2H3. The van der Waals surface area contributed by atoms with Gasteiger partial charge in [0.05, 0.1) is 23.5 Å². The Morgan fingerprint density at radius 1 is 1.56 bits per heavy atom. The van der Waals surface area contributed by atoms with E-state index in [4.69, 9.17) is 12.2 Å². The van der Waals surface area contributed by atoms with E-state index in [-0.39, 0.29) is 18.6 Å². The van der Waals surface area contributed by atoms with Crippen LogP contribution in [0.5, 0.6) is 0 Å². The Bertz CT molecular complexity index is 621. The van der Waals surface area contributed by atoms with Crippen LogP contribution in [0.15, 0.2) is 24.3 Å². The third kappa shape index (κ3) is 2.27. The molecule has 92 valence electrons. The minimum absolute atomic E-state index is 0.0774. The number of aryl methyl sites for hydroxylation is 1. The van der Waals surface area contributed by atoms with E-state index in [2.05, 4.69) is 10.9 Å². The highest BCUT2D eigenvalue weighted by molar-refractivity contribution is 5.86. The lowest BCUT2D eigenvalue weighted by Crippen LogP contribution is -2.31. The molecule has 1 heterocycles. The lowest BCUT2D eigenvalue weighted by molar-refractivity contribution is -0.119. The monoisotopic (exact) mass is 241 g/mol. The number of hydrogen-bond acceptors (Lipinski definition) is 3. The molecule has 4 nitrogen and oxygen atoms in total. The Balaban J connectivity index is 2.25. The van der Waals surface area contributed by atoms with Crippen LogP contribution in [0.2, 0.25) is 0 Å². The van der Waals surface area contributed by atoms with Crippen molar-refractivity contribution >= 4 is 16.8 Å². The Morgan fingerprint density at radius 2 is 2.28 bits per heavy atom. The number of fused-ring (bicyclic) bond motifs is 1. The zero-order valence-corrected chi connectivity index (χ0v) is 10.3. The molecular weight excluding hydrogens is 226 g/mol. The van der Waals surface area contributed by atoms with Crippen molar-refractivity contribution in [1.82, 2.24) is 9.55 Å². The summed E-state index contributed by atoms with van der Waals surface area (Å²) in [5.74, 6) is 3.04. The van der Waals surface area contributed by atoms with Crippen LogP contribution in [-0.2, 0) is 18.3 Å². The Morgan fingerprint density at radius 3 is 2.94 bits per heavy atom. The summed E-state index contributed by atoms with van der Waals surface area (Å²) in [5.41, 5.74) is 7.58. The molecule has 0 saturated carbocycles. The number of aromatic nitrogens is 2. The fourth-order valence-corrected chi connectivity index (χ4v) is 1.88. The highest BCUT2D eigenvalue weighted by atomic mass is 16.1. The lowest BCUT2D eigenvalue weighted by atomic mass is 10.1. The number of terminal acetylenes is 1. The maximum absolute atomic E-state index is 11.9. The summed E-state index contributed by atoms with van der Waals surface area (Å²) < 4.78 is 1.91. The number of para-hydroxylation sites is 2. The summed E-state index contributed by atoms with van der Waals surface area (Å²) in [5, 5.41) is 0. The van der Waals surface area contributed by atoms with Crippen LogP contribution in [0, 0.1) is 12.3 Å². The van der Waals surface area contributed by atoms with Gasteiger partial charge in [0.2, 0.25) is 0 Å². The van der Waals surface area contributed by atoms with Gasteiger partial charge in [0, 0.05) is 13.5 Å². The summed E-state index contributed by atoms with van der Waals surface area (Å²) in [6, 6.07) is 7.15. The minimum Gasteiger partial charge on any atom is -0.331 e. The van der Waals surface area contributed by atoms with Gasteiger partial charge in [-0.1, -0.05) is 12.1 Å². The minimum atomic E-state index is -0.602. The molecule has 0 amide bonds. The predicted octanol–water partition coefficient (Wildman–Crippen LogP) is 1.04. The topological polar surface area (TPSA) is 60.9 Å². The number of imidazole rings is 1. The van der Waals surface area contributed by atoms with Crippen molar-refractivity contribution in [3.63, 3.8) is 0 Å². The number of benzene rings is 1. The van der Waals surface area contributed by atoms with Crippen LogP contribution >= 0.6 is 0 Å². The molecule has 0 aliphatic rings. The molecule has 0 saturated heterocycles. The van der Waals surface area contributed by atoms with Gasteiger partial charge < -0.3 is 10.3 Å². The second-order valence-electron chi connectivity index (χ2n) is 4.23. The Labute approximate surface area is 106 Å². The largest absolute Gasteiger partial charge is 0.331 e. The van der Waals surface area contributed by atoms with Crippen LogP contribution in [0.4, 0.5) is 0 Å². The van der Waals surface area contributed by atoms with Crippen molar-refractivity contribution in [2.75, 3.05) is 0 Å². The van der Waals surface area contributed by atoms with Gasteiger partial charge in [-0.05, 0) is 12.1 Å². The fraction of sp³-hybridized carbons (Fsp3) is 0.286. The number of hydrogen-bond donors (Lipinski definition) is 1. The number of Topliss-reactive ketones (excluding diaryl/α,β-unsaturated/α-hetero) is 1. The van der Waals surface area contributed by atoms with Crippen molar-refractivity contribution in [2.24, 2.45) is 12.8 Å². The molecule has 0 radical (unpaired) electrons. The first kappa shape index (κ1) is 12.3. The quantitative estimate of drug-likeness (QED) is 0.813. The van der Waals surface area contributed by atoms with E-state index in [1.807, 2.05) is 35.9 Å². The Kier molecular flexibility index (Phi) is 3.45. The number of nitrogens with zero attached hydrogens (tertiary/aromatic N) is 2. The van der Waals surface area contributed by atoms with Gasteiger partial charge in [-0.15, -0.1) is 12.3 Å². The first-order valence-corrected chi connectivity index (χ1v) is 5.75. The summed E-state index contributed by atoms with van der Waals surface area (Å²) >= 11 is 0. The lowest BCUT2D eigenvalue weighted by Gasteiger charge is -2.06. The molecule has 1 atom stereocenters. The molecule has 1 aromatic heterocycles. The van der Waals surface area contributed by atoms with Gasteiger partial charge in [-0.25, -0.2) is 4.98 Å². The van der Waals surface area contributed by atoms with Crippen molar-refractivity contribution in [2.45, 2.75) is 18.9 Å². The number of carbonyl (C=O) groups is 1. The van der Waals surface area contributed by atoms with Gasteiger partial charge in [0.15, 0.2) is 5.78 Å². The molecule has 0 aliphatic carbocycles. The first-order valence-electron chi connectivity index (χ1n) is 5.75. The van der Waals surface area contributed by atoms with Gasteiger partial charge in [0.25, 0.3) is 0 Å². The van der Waals surface area contributed by atoms with Crippen LogP contribution in [0.3, 0.4) is 0 Å². The van der Waals surface area contributed by atoms with E-state index < -0.39 is 6.04 Å². The van der Waals surface area contributed by atoms with Crippen molar-refractivity contribution in [3.8, 4) is 12.3 Å². The average molecular weight is 241 g/mol. The van der Waals surface area contributed by atoms with Crippen molar-refractivity contribution in [3.05, 3.63) is 30.1 Å². The van der Waals surface area contributed by atoms with Gasteiger partial charge in [0.1, 0.15) is 5.82 Å². The summed E-state index contributed by atoms with van der Waals surface area (Å²) in [6.45, 7) is 0. The molecule has 2 N–H and O–H groups in total. The molecule has 0 fully saturated rings. The zero-order chi connectivity index (χ0) is 13.1. The number of carbonyl (C=O) groups excluding carboxylic acids is 1. The van der Waals surface area contributed by atoms with E-state index in [0.717, 1.165) is 11.0 Å². The van der Waals surface area contributed by atoms with Gasteiger partial charge in [-0.3, -0.25) is 4.79 Å². The number of ketones is 1. The van der Waals surface area contributed by atoms with E-state index in [0.29, 0.717) is 5.82 Å². The van der Waals surface area contributed by atoms with E-state index >= 15 is 0 Å². The zero-order valence-electron chi connectivity index (χ0n) is 10.3. The third-order valence-electron chi connectivity index (χ3n) is 2.96. The highest BCUT2D eigenvalue weighted by Crippen LogP contribution is 2.15. The third-order valence-corrected chi connectivity index (χ3v) is 2.96. The molecule has 2 rings (SSSR count). The molecule has 0 bridgehead atoms. The first-order chi connectivity index (χ1) is 8.63. The SMILES string of the molecule is C#CCC(N)C(=O)Cc1nc2ccccc2n1C. The van der Waals surface area contributed by atoms with Crippen LogP contribution in [0.1, 0.15) is 12.2 Å². The second-order valence-corrected chi connectivity index (χ2v) is 4.23. The van der Waals surface area contributed by atoms with Crippen LogP contribution < -0.4 is 5.73 Å². The highest BCUT2D eigenvalue weighted by Gasteiger charge is 2.16. The smallest absolute Gasteiger partial charge is 0.157 e. The molecular formula is C14H15N3O. The van der Waals surface area contributed by atoms with Gasteiger partial charge in [-0.2, -0.15) is 0 Å². The molecule has 0 aliphatic heterocycles. The number of nitrogens with two attached hydrogens (primary N) is 1. The van der Waals surface area contributed by atoms with E-state index in [9.17, 15) is 4.79 Å². The van der Waals surface area contributed by atoms with Crippen molar-refractivity contribution in [1.29, 1.82) is 0 Å². The second kappa shape index (κ2) is 5.03. The molecule has 2 aromatic rings. The average Bonchev–Trinajstić information content (AvgIpc) is 2.67. The summed E-state index contributed by atoms with van der Waals surface area (Å²) in [4.78, 5) is 16.3. The van der Waals surface area contributed by atoms with E-state index in [1.165, 1.54) is 0 Å². The van der Waals surface area contributed by atoms with Crippen LogP contribution in [0.25, 0.3) is 11.0 Å². The molecule has 1 unspecified atom stereocenters. The molecule has 1 aromatic carbocycles.